The van der Waals surface area contributed by atoms with Crippen molar-refractivity contribution in [2.75, 3.05) is 0 Å². The van der Waals surface area contributed by atoms with Crippen molar-refractivity contribution >= 4 is 11.0 Å². The maximum Gasteiger partial charge on any atom is 0.336 e. The number of fused-ring (bicyclic) bond motifs is 1. The summed E-state index contributed by atoms with van der Waals surface area (Å²) in [4.78, 5) is 11.0. The monoisotopic (exact) mass is 188 g/mol. The Hall–Kier alpha value is -1.57. The van der Waals surface area contributed by atoms with Gasteiger partial charge in [0.15, 0.2) is 0 Å². The van der Waals surface area contributed by atoms with Crippen LogP contribution in [0.4, 0.5) is 0 Å². The number of rotatable bonds is 1. The van der Waals surface area contributed by atoms with Crippen molar-refractivity contribution in [2.24, 2.45) is 0 Å². The molecule has 1 aromatic carbocycles. The van der Waals surface area contributed by atoms with Crippen molar-refractivity contribution in [1.82, 2.24) is 0 Å². The highest BCUT2D eigenvalue weighted by molar-refractivity contribution is 5.80. The number of benzene rings is 1. The maximum absolute atomic E-state index is 11.0. The van der Waals surface area contributed by atoms with Gasteiger partial charge in [0.05, 0.1) is 0 Å². The van der Waals surface area contributed by atoms with E-state index in [9.17, 15) is 4.79 Å². The van der Waals surface area contributed by atoms with E-state index in [1.54, 1.807) is 0 Å². The first kappa shape index (κ1) is 9.00. The van der Waals surface area contributed by atoms with E-state index < -0.39 is 0 Å². The lowest BCUT2D eigenvalue weighted by Gasteiger charge is -2.03. The lowest BCUT2D eigenvalue weighted by atomic mass is 10.1. The van der Waals surface area contributed by atoms with Crippen LogP contribution in [-0.2, 0) is 6.42 Å². The van der Waals surface area contributed by atoms with Gasteiger partial charge < -0.3 is 4.42 Å². The Labute approximate surface area is 82.2 Å². The highest BCUT2D eigenvalue weighted by Gasteiger charge is 2.02. The molecule has 0 fully saturated rings. The van der Waals surface area contributed by atoms with E-state index in [1.165, 1.54) is 11.6 Å². The first-order chi connectivity index (χ1) is 6.70. The summed E-state index contributed by atoms with van der Waals surface area (Å²) in [7, 11) is 0. The molecule has 0 bridgehead atoms. The largest absolute Gasteiger partial charge is 0.423 e. The summed E-state index contributed by atoms with van der Waals surface area (Å²) in [5, 5.41) is 1.02. The van der Waals surface area contributed by atoms with Crippen LogP contribution in [0, 0.1) is 6.92 Å². The van der Waals surface area contributed by atoms with Gasteiger partial charge in [-0.25, -0.2) is 4.79 Å². The van der Waals surface area contributed by atoms with Crippen LogP contribution >= 0.6 is 0 Å². The molecular formula is C12H12O2. The van der Waals surface area contributed by atoms with E-state index in [4.69, 9.17) is 4.42 Å². The maximum atomic E-state index is 11.0. The number of aryl methyl sites for hydroxylation is 2. The molecule has 1 aromatic heterocycles. The van der Waals surface area contributed by atoms with Crippen LogP contribution in [0.5, 0.6) is 0 Å². The fourth-order valence-electron chi connectivity index (χ4n) is 1.63. The standard InChI is InChI=1S/C12H12O2/c1-3-9-6-8(2)10-4-5-12(13)14-11(10)7-9/h4-7H,3H2,1-2H3. The Morgan fingerprint density at radius 2 is 2.07 bits per heavy atom. The van der Waals surface area contributed by atoms with Crippen LogP contribution in [0.25, 0.3) is 11.0 Å². The topological polar surface area (TPSA) is 30.2 Å². The third-order valence-electron chi connectivity index (χ3n) is 2.41. The van der Waals surface area contributed by atoms with Gasteiger partial charge in [0.25, 0.3) is 0 Å². The third kappa shape index (κ3) is 1.43. The molecule has 1 heterocycles. The van der Waals surface area contributed by atoms with Gasteiger partial charge in [-0.1, -0.05) is 13.0 Å². The fraction of sp³-hybridized carbons (Fsp3) is 0.250. The van der Waals surface area contributed by atoms with Gasteiger partial charge in [0.1, 0.15) is 5.58 Å². The second-order valence-electron chi connectivity index (χ2n) is 3.43. The van der Waals surface area contributed by atoms with E-state index >= 15 is 0 Å². The first-order valence-electron chi connectivity index (χ1n) is 4.74. The van der Waals surface area contributed by atoms with Gasteiger partial charge in [-0.2, -0.15) is 0 Å². The Kier molecular flexibility index (Phi) is 2.12. The molecule has 0 aliphatic carbocycles. The van der Waals surface area contributed by atoms with Crippen LogP contribution in [0.2, 0.25) is 0 Å². The Balaban J connectivity index is 2.83. The van der Waals surface area contributed by atoms with Gasteiger partial charge >= 0.3 is 5.63 Å². The molecule has 2 rings (SSSR count). The molecule has 0 amide bonds. The summed E-state index contributed by atoms with van der Waals surface area (Å²) in [6.45, 7) is 4.11. The quantitative estimate of drug-likeness (QED) is 0.644. The van der Waals surface area contributed by atoms with Crippen LogP contribution < -0.4 is 5.63 Å². The minimum absolute atomic E-state index is 0.287. The Morgan fingerprint density at radius 3 is 2.79 bits per heavy atom. The minimum Gasteiger partial charge on any atom is -0.423 e. The second kappa shape index (κ2) is 3.29. The summed E-state index contributed by atoms with van der Waals surface area (Å²) in [5.74, 6) is 0. The predicted molar refractivity (Wildman–Crippen MR) is 56.6 cm³/mol. The fourth-order valence-corrected chi connectivity index (χ4v) is 1.63. The Bertz CT molecular complexity index is 523. The molecule has 14 heavy (non-hydrogen) atoms. The molecular weight excluding hydrogens is 176 g/mol. The zero-order chi connectivity index (χ0) is 10.1. The zero-order valence-electron chi connectivity index (χ0n) is 8.33. The number of hydrogen-bond acceptors (Lipinski definition) is 2. The van der Waals surface area contributed by atoms with Crippen molar-refractivity contribution in [3.8, 4) is 0 Å². The van der Waals surface area contributed by atoms with Gasteiger partial charge in [-0.3, -0.25) is 0 Å². The third-order valence-corrected chi connectivity index (χ3v) is 2.41. The smallest absolute Gasteiger partial charge is 0.336 e. The molecule has 2 heteroatoms. The zero-order valence-corrected chi connectivity index (χ0v) is 8.33. The normalized spacial score (nSPS) is 10.7. The summed E-state index contributed by atoms with van der Waals surface area (Å²) in [5.41, 5.74) is 2.76. The molecule has 72 valence electrons. The summed E-state index contributed by atoms with van der Waals surface area (Å²) < 4.78 is 5.13. The van der Waals surface area contributed by atoms with E-state index in [-0.39, 0.29) is 5.63 Å². The van der Waals surface area contributed by atoms with Gasteiger partial charge in [-0.05, 0) is 36.6 Å². The minimum atomic E-state index is -0.287. The van der Waals surface area contributed by atoms with Gasteiger partial charge in [0, 0.05) is 11.5 Å². The van der Waals surface area contributed by atoms with Crippen LogP contribution in [0.1, 0.15) is 18.1 Å². The summed E-state index contributed by atoms with van der Waals surface area (Å²) in [6, 6.07) is 7.34. The lowest BCUT2D eigenvalue weighted by Crippen LogP contribution is -1.96. The van der Waals surface area contributed by atoms with Gasteiger partial charge in [0.2, 0.25) is 0 Å². The molecule has 0 N–H and O–H groups in total. The molecule has 0 spiro atoms. The van der Waals surface area contributed by atoms with Crippen molar-refractivity contribution in [1.29, 1.82) is 0 Å². The van der Waals surface area contributed by atoms with Crippen LogP contribution in [0.15, 0.2) is 33.5 Å². The molecule has 0 saturated carbocycles. The lowest BCUT2D eigenvalue weighted by molar-refractivity contribution is 0.560. The average molecular weight is 188 g/mol. The van der Waals surface area contributed by atoms with E-state index in [0.717, 1.165) is 17.4 Å². The number of hydrogen-bond donors (Lipinski definition) is 0. The van der Waals surface area contributed by atoms with Crippen molar-refractivity contribution in [2.45, 2.75) is 20.3 Å². The van der Waals surface area contributed by atoms with E-state index in [0.29, 0.717) is 5.58 Å². The molecule has 0 aliphatic heterocycles. The first-order valence-corrected chi connectivity index (χ1v) is 4.74. The SMILES string of the molecule is CCc1cc(C)c2ccc(=O)oc2c1. The van der Waals surface area contributed by atoms with Crippen molar-refractivity contribution in [3.05, 3.63) is 45.8 Å². The highest BCUT2D eigenvalue weighted by Crippen LogP contribution is 2.19. The van der Waals surface area contributed by atoms with Crippen LogP contribution in [-0.4, -0.2) is 0 Å². The van der Waals surface area contributed by atoms with Crippen molar-refractivity contribution in [3.63, 3.8) is 0 Å². The average Bonchev–Trinajstić information content (AvgIpc) is 2.16. The molecule has 0 radical (unpaired) electrons. The molecule has 0 atom stereocenters. The summed E-state index contributed by atoms with van der Waals surface area (Å²) >= 11 is 0. The molecule has 2 aromatic rings. The molecule has 2 nitrogen and oxygen atoms in total. The molecule has 0 saturated heterocycles. The second-order valence-corrected chi connectivity index (χ2v) is 3.43. The molecule has 0 aliphatic rings. The highest BCUT2D eigenvalue weighted by atomic mass is 16.4. The predicted octanol–water partition coefficient (Wildman–Crippen LogP) is 2.66. The molecule has 0 unspecified atom stereocenters. The van der Waals surface area contributed by atoms with E-state index in [1.807, 2.05) is 19.1 Å². The van der Waals surface area contributed by atoms with Gasteiger partial charge in [-0.15, -0.1) is 0 Å². The van der Waals surface area contributed by atoms with E-state index in [2.05, 4.69) is 13.0 Å². The summed E-state index contributed by atoms with van der Waals surface area (Å²) in [6.07, 6.45) is 0.954. The Morgan fingerprint density at radius 1 is 1.29 bits per heavy atom. The van der Waals surface area contributed by atoms with Crippen LogP contribution in [0.3, 0.4) is 0 Å². The van der Waals surface area contributed by atoms with Crippen molar-refractivity contribution < 1.29 is 4.42 Å².